The third-order valence-electron chi connectivity index (χ3n) is 5.06. The second kappa shape index (κ2) is 7.66. The van der Waals surface area contributed by atoms with Crippen molar-refractivity contribution in [1.29, 1.82) is 0 Å². The molecular weight excluding hydrogens is 496 g/mol. The van der Waals surface area contributed by atoms with E-state index < -0.39 is 21.1 Å². The van der Waals surface area contributed by atoms with Gasteiger partial charge in [-0.15, -0.1) is 0 Å². The van der Waals surface area contributed by atoms with Gasteiger partial charge in [0, 0.05) is 16.2 Å². The van der Waals surface area contributed by atoms with Crippen LogP contribution in [0.3, 0.4) is 0 Å². The highest BCUT2D eigenvalue weighted by molar-refractivity contribution is 14.1. The molecule has 1 aromatic heterocycles. The first-order valence-corrected chi connectivity index (χ1v) is 11.6. The largest absolute Gasteiger partial charge is 0.337 e. The van der Waals surface area contributed by atoms with Crippen LogP contribution in [0.2, 0.25) is 0 Å². The summed E-state index contributed by atoms with van der Waals surface area (Å²) in [6.45, 7) is 5.62. The molecule has 1 aliphatic rings. The van der Waals surface area contributed by atoms with Crippen LogP contribution < -0.4 is 15.6 Å². The minimum absolute atomic E-state index is 0.121. The topological polar surface area (TPSA) is 80.2 Å². The number of hydrogen-bond donors (Lipinski definition) is 2. The third-order valence-corrected chi connectivity index (χ3v) is 7.58. The summed E-state index contributed by atoms with van der Waals surface area (Å²) in [7, 11) is -2.09. The Morgan fingerprint density at radius 3 is 2.50 bits per heavy atom. The number of hydrogen-bond acceptors (Lipinski definition) is 4. The fraction of sp³-hybridized carbons (Fsp3) is 0.421. The van der Waals surface area contributed by atoms with Crippen molar-refractivity contribution in [2.45, 2.75) is 32.4 Å². The van der Waals surface area contributed by atoms with Crippen molar-refractivity contribution in [1.82, 2.24) is 4.57 Å². The molecule has 1 aromatic carbocycles. The summed E-state index contributed by atoms with van der Waals surface area (Å²) < 4.78 is 44.5. The molecule has 0 saturated heterocycles. The molecule has 1 heterocycles. The summed E-state index contributed by atoms with van der Waals surface area (Å²) >= 11 is 2.00. The van der Waals surface area contributed by atoms with Crippen molar-refractivity contribution in [3.63, 3.8) is 0 Å². The van der Waals surface area contributed by atoms with E-state index in [4.69, 9.17) is 0 Å². The predicted molar refractivity (Wildman–Crippen MR) is 118 cm³/mol. The van der Waals surface area contributed by atoms with Crippen LogP contribution in [-0.4, -0.2) is 18.2 Å². The number of nitrogens with one attached hydrogen (secondary N) is 2. The molecule has 6 nitrogen and oxygen atoms in total. The van der Waals surface area contributed by atoms with Gasteiger partial charge in [0.1, 0.15) is 11.6 Å². The van der Waals surface area contributed by atoms with Crippen molar-refractivity contribution < 1.29 is 12.8 Å². The van der Waals surface area contributed by atoms with E-state index in [9.17, 15) is 17.6 Å². The van der Waals surface area contributed by atoms with Crippen LogP contribution in [-0.2, 0) is 17.1 Å². The molecule has 2 N–H and O–H groups in total. The van der Waals surface area contributed by atoms with Crippen LogP contribution >= 0.6 is 22.6 Å². The van der Waals surface area contributed by atoms with Crippen molar-refractivity contribution in [2.24, 2.45) is 18.9 Å². The zero-order chi connectivity index (χ0) is 20.8. The Hall–Kier alpha value is -1.62. The van der Waals surface area contributed by atoms with E-state index in [2.05, 4.69) is 10.0 Å². The van der Waals surface area contributed by atoms with Crippen molar-refractivity contribution in [2.75, 3.05) is 10.0 Å². The quantitative estimate of drug-likeness (QED) is 0.567. The Morgan fingerprint density at radius 1 is 1.25 bits per heavy atom. The molecule has 0 amide bonds. The maximum Gasteiger partial charge on any atom is 0.254 e. The molecule has 2 aromatic rings. The summed E-state index contributed by atoms with van der Waals surface area (Å²) in [5.74, 6) is 0.106. The number of halogens is 2. The molecule has 0 bridgehead atoms. The van der Waals surface area contributed by atoms with Crippen molar-refractivity contribution in [3.05, 3.63) is 49.6 Å². The van der Waals surface area contributed by atoms with Crippen LogP contribution in [0.5, 0.6) is 0 Å². The number of nitrogens with zero attached hydrogens (tertiary/aromatic N) is 1. The van der Waals surface area contributed by atoms with E-state index in [1.165, 1.54) is 23.7 Å². The minimum atomic E-state index is -3.61. The maximum absolute atomic E-state index is 14.3. The summed E-state index contributed by atoms with van der Waals surface area (Å²) in [6, 6.07) is 6.12. The Morgan fingerprint density at radius 2 is 1.93 bits per heavy atom. The van der Waals surface area contributed by atoms with Gasteiger partial charge in [-0.3, -0.25) is 14.1 Å². The molecule has 28 heavy (non-hydrogen) atoms. The number of benzene rings is 1. The Kier molecular flexibility index (Phi) is 5.77. The van der Waals surface area contributed by atoms with Gasteiger partial charge in [-0.2, -0.15) is 0 Å². The lowest BCUT2D eigenvalue weighted by Gasteiger charge is -2.19. The van der Waals surface area contributed by atoms with E-state index >= 15 is 0 Å². The summed E-state index contributed by atoms with van der Waals surface area (Å²) in [4.78, 5) is 12.4. The van der Waals surface area contributed by atoms with E-state index in [0.717, 1.165) is 3.57 Å². The SMILES string of the molecule is Cc1cc(NS(=O)(=O)C2CC2C(C)C)c(Nc2ccc(I)cc2F)n(C)c1=O. The number of aromatic nitrogens is 1. The second-order valence-corrected chi connectivity index (χ2v) is 10.7. The van der Waals surface area contributed by atoms with Gasteiger partial charge in [-0.25, -0.2) is 12.8 Å². The lowest BCUT2D eigenvalue weighted by atomic mass is 10.1. The average molecular weight is 519 g/mol. The molecule has 0 spiro atoms. The number of anilines is 3. The van der Waals surface area contributed by atoms with E-state index in [-0.39, 0.29) is 34.6 Å². The monoisotopic (exact) mass is 519 g/mol. The van der Waals surface area contributed by atoms with E-state index in [1.54, 1.807) is 19.1 Å². The highest BCUT2D eigenvalue weighted by Gasteiger charge is 2.49. The third kappa shape index (κ3) is 4.19. The van der Waals surface area contributed by atoms with Gasteiger partial charge in [-0.1, -0.05) is 13.8 Å². The summed E-state index contributed by atoms with van der Waals surface area (Å²) in [6.07, 6.45) is 0.617. The molecule has 9 heteroatoms. The van der Waals surface area contributed by atoms with Gasteiger partial charge in [0.2, 0.25) is 10.0 Å². The molecule has 2 unspecified atom stereocenters. The molecule has 0 radical (unpaired) electrons. The van der Waals surface area contributed by atoms with Gasteiger partial charge in [0.25, 0.3) is 5.56 Å². The van der Waals surface area contributed by atoms with Gasteiger partial charge in [0.05, 0.1) is 16.6 Å². The number of rotatable bonds is 6. The zero-order valence-electron chi connectivity index (χ0n) is 16.1. The Balaban J connectivity index is 2.00. The molecule has 3 rings (SSSR count). The lowest BCUT2D eigenvalue weighted by Crippen LogP contribution is -2.26. The minimum Gasteiger partial charge on any atom is -0.337 e. The molecule has 1 aliphatic carbocycles. The van der Waals surface area contributed by atoms with Crippen molar-refractivity contribution >= 4 is 49.8 Å². The van der Waals surface area contributed by atoms with Gasteiger partial charge in [0.15, 0.2) is 0 Å². The van der Waals surface area contributed by atoms with Crippen LogP contribution in [0.4, 0.5) is 21.6 Å². The normalized spacial score (nSPS) is 19.0. The maximum atomic E-state index is 14.3. The first-order chi connectivity index (χ1) is 13.0. The fourth-order valence-electron chi connectivity index (χ4n) is 3.32. The first kappa shape index (κ1) is 21.1. The van der Waals surface area contributed by atoms with Gasteiger partial charge >= 0.3 is 0 Å². The number of sulfonamides is 1. The summed E-state index contributed by atoms with van der Waals surface area (Å²) in [5, 5.41) is 2.43. The van der Waals surface area contributed by atoms with E-state index in [1.807, 2.05) is 36.4 Å². The van der Waals surface area contributed by atoms with Crippen molar-refractivity contribution in [3.8, 4) is 0 Å². The van der Waals surface area contributed by atoms with Gasteiger partial charge < -0.3 is 5.32 Å². The van der Waals surface area contributed by atoms with Crippen LogP contribution in [0.1, 0.15) is 25.8 Å². The van der Waals surface area contributed by atoms with Crippen LogP contribution in [0.25, 0.3) is 0 Å². The number of pyridine rings is 1. The van der Waals surface area contributed by atoms with Gasteiger partial charge in [-0.05, 0) is 72.0 Å². The molecular formula is C19H23FIN3O3S. The number of aryl methyl sites for hydroxylation is 1. The highest BCUT2D eigenvalue weighted by Crippen LogP contribution is 2.43. The Labute approximate surface area is 177 Å². The molecule has 152 valence electrons. The summed E-state index contributed by atoms with van der Waals surface area (Å²) in [5.41, 5.74) is 0.492. The second-order valence-electron chi connectivity index (χ2n) is 7.53. The molecule has 2 atom stereocenters. The fourth-order valence-corrected chi connectivity index (χ4v) is 5.63. The standard InChI is InChI=1S/C19H23FIN3O3S/c1-10(2)13-9-17(13)28(26,27)23-16-7-11(3)19(25)24(4)18(16)22-15-6-5-12(21)8-14(15)20/h5-8,10,13,17,22-23H,9H2,1-4H3. The average Bonchev–Trinajstić information content (AvgIpc) is 3.40. The first-order valence-electron chi connectivity index (χ1n) is 8.95. The Bertz CT molecular complexity index is 1080. The molecule has 1 saturated carbocycles. The van der Waals surface area contributed by atoms with E-state index in [0.29, 0.717) is 12.0 Å². The zero-order valence-corrected chi connectivity index (χ0v) is 19.1. The smallest absolute Gasteiger partial charge is 0.254 e. The predicted octanol–water partition coefficient (Wildman–Crippen LogP) is 3.97. The van der Waals surface area contributed by atoms with Crippen LogP contribution in [0.15, 0.2) is 29.1 Å². The molecule has 0 aliphatic heterocycles. The highest BCUT2D eigenvalue weighted by atomic mass is 127. The lowest BCUT2D eigenvalue weighted by molar-refractivity contribution is 0.551. The van der Waals surface area contributed by atoms with Crippen LogP contribution in [0, 0.1) is 28.1 Å². The molecule has 1 fully saturated rings.